The number of nitrogens with zero attached hydrogens (tertiary/aromatic N) is 1. The monoisotopic (exact) mass is 551 g/mol. The van der Waals surface area contributed by atoms with E-state index in [-0.39, 0.29) is 50.0 Å². The highest BCUT2D eigenvalue weighted by Gasteiger charge is 2.29. The van der Waals surface area contributed by atoms with Gasteiger partial charge in [-0.15, -0.1) is 0 Å². The van der Waals surface area contributed by atoms with Gasteiger partial charge < -0.3 is 14.7 Å². The number of alkyl halides is 6. The molecular formula is C26H16F7N3O3. The molecule has 5 aromatic rings. The summed E-state index contributed by atoms with van der Waals surface area (Å²) in [6.07, 6.45) is -11.0. The van der Waals surface area contributed by atoms with E-state index in [1.54, 1.807) is 5.32 Å². The number of aryl methyl sites for hydroxylation is 1. The van der Waals surface area contributed by atoms with Gasteiger partial charge in [-0.05, 0) is 48.4 Å². The molecule has 39 heavy (non-hydrogen) atoms. The first kappa shape index (κ1) is 26.2. The second kappa shape index (κ2) is 9.40. The summed E-state index contributed by atoms with van der Waals surface area (Å²) < 4.78 is 96.4. The number of hydrogen-bond acceptors (Lipinski definition) is 4. The van der Waals surface area contributed by atoms with E-state index < -0.39 is 49.0 Å². The summed E-state index contributed by atoms with van der Waals surface area (Å²) in [4.78, 5) is 32.0. The molecule has 0 unspecified atom stereocenters. The molecule has 0 atom stereocenters. The fraction of sp³-hybridized carbons (Fsp3) is 0.192. The molecule has 2 aromatic carbocycles. The highest BCUT2D eigenvalue weighted by molar-refractivity contribution is 6.13. The lowest BCUT2D eigenvalue weighted by Crippen LogP contribution is -2.33. The number of aromatic nitrogens is 2. The van der Waals surface area contributed by atoms with Crippen LogP contribution in [0.5, 0.6) is 0 Å². The van der Waals surface area contributed by atoms with E-state index in [0.29, 0.717) is 5.39 Å². The summed E-state index contributed by atoms with van der Waals surface area (Å²) in [6, 6.07) is 10.3. The number of furan rings is 1. The molecular weight excluding hydrogens is 535 g/mol. The van der Waals surface area contributed by atoms with Crippen molar-refractivity contribution in [3.05, 3.63) is 76.0 Å². The molecule has 13 heteroatoms. The Morgan fingerprint density at radius 3 is 2.46 bits per heavy atom. The smallest absolute Gasteiger partial charge is 0.405 e. The van der Waals surface area contributed by atoms with Gasteiger partial charge in [-0.2, -0.15) is 26.3 Å². The van der Waals surface area contributed by atoms with Crippen molar-refractivity contribution in [2.75, 3.05) is 6.54 Å². The first-order valence-corrected chi connectivity index (χ1v) is 11.4. The third kappa shape index (κ3) is 5.42. The second-order valence-electron chi connectivity index (χ2n) is 8.78. The molecule has 0 aliphatic rings. The largest absolute Gasteiger partial charge is 0.437 e. The van der Waals surface area contributed by atoms with E-state index in [1.165, 1.54) is 36.4 Å². The Balaban J connectivity index is 1.69. The highest BCUT2D eigenvalue weighted by Crippen LogP contribution is 2.36. The molecule has 0 aliphatic heterocycles. The summed E-state index contributed by atoms with van der Waals surface area (Å²) in [7, 11) is 0. The van der Waals surface area contributed by atoms with Gasteiger partial charge in [0.2, 0.25) is 5.71 Å². The van der Waals surface area contributed by atoms with E-state index in [1.807, 2.05) is 0 Å². The maximum Gasteiger partial charge on any atom is 0.405 e. The molecule has 0 saturated heterocycles. The van der Waals surface area contributed by atoms with Gasteiger partial charge in [-0.3, -0.25) is 9.59 Å². The molecule has 0 bridgehead atoms. The number of carbonyl (C=O) groups excluding carboxylic acids is 1. The van der Waals surface area contributed by atoms with Crippen molar-refractivity contribution in [2.45, 2.75) is 25.2 Å². The zero-order valence-corrected chi connectivity index (χ0v) is 19.6. The number of pyridine rings is 2. The molecule has 202 valence electrons. The van der Waals surface area contributed by atoms with Gasteiger partial charge in [0.05, 0.1) is 22.0 Å². The van der Waals surface area contributed by atoms with E-state index in [4.69, 9.17) is 4.42 Å². The van der Waals surface area contributed by atoms with Crippen LogP contribution in [0.25, 0.3) is 44.1 Å². The summed E-state index contributed by atoms with van der Waals surface area (Å²) >= 11 is 0. The van der Waals surface area contributed by atoms with Crippen molar-refractivity contribution < 1.29 is 39.9 Å². The number of carbonyl (C=O) groups is 1. The van der Waals surface area contributed by atoms with Gasteiger partial charge in [-0.1, -0.05) is 12.1 Å². The zero-order valence-electron chi connectivity index (χ0n) is 19.6. The molecule has 6 nitrogen and oxygen atoms in total. The van der Waals surface area contributed by atoms with Crippen LogP contribution in [0.15, 0.2) is 57.7 Å². The Kier molecular flexibility index (Phi) is 6.31. The number of rotatable bonds is 5. The predicted octanol–water partition coefficient (Wildman–Crippen LogP) is 6.42. The molecule has 2 N–H and O–H groups in total. The summed E-state index contributed by atoms with van der Waals surface area (Å²) in [5.41, 5.74) is -0.518. The average Bonchev–Trinajstić information content (AvgIpc) is 3.23. The van der Waals surface area contributed by atoms with Crippen LogP contribution in [0.4, 0.5) is 30.7 Å². The lowest BCUT2D eigenvalue weighted by Gasteiger charge is -2.12. The lowest BCUT2D eigenvalue weighted by atomic mass is 9.97. The van der Waals surface area contributed by atoms with Crippen LogP contribution >= 0.6 is 0 Å². The first-order chi connectivity index (χ1) is 18.3. The number of halogens is 7. The minimum atomic E-state index is -4.64. The Labute approximate surface area is 213 Å². The Morgan fingerprint density at radius 1 is 0.974 bits per heavy atom. The van der Waals surface area contributed by atoms with Gasteiger partial charge in [0.1, 0.15) is 12.4 Å². The minimum absolute atomic E-state index is 0.0271. The normalized spacial score (nSPS) is 12.5. The summed E-state index contributed by atoms with van der Waals surface area (Å²) in [5, 5.41) is 2.25. The summed E-state index contributed by atoms with van der Waals surface area (Å²) in [6.45, 7) is -1.57. The SMILES string of the molecule is O=C(NCC(F)(F)F)c1cccc(-c2cc3c(nc2CCC(F)(F)F)oc2c4ccc(F)cc4[nH]c(=O)c32)c1. The predicted molar refractivity (Wildman–Crippen MR) is 128 cm³/mol. The second-order valence-corrected chi connectivity index (χ2v) is 8.78. The van der Waals surface area contributed by atoms with Crippen LogP contribution in [-0.4, -0.2) is 34.8 Å². The molecule has 0 fully saturated rings. The number of fused-ring (bicyclic) bond motifs is 5. The number of hydrogen-bond donors (Lipinski definition) is 2. The number of amides is 1. The molecule has 0 saturated carbocycles. The van der Waals surface area contributed by atoms with Crippen molar-refractivity contribution in [1.82, 2.24) is 15.3 Å². The number of aromatic amines is 1. The summed E-state index contributed by atoms with van der Waals surface area (Å²) in [5.74, 6) is -1.65. The maximum absolute atomic E-state index is 13.7. The van der Waals surface area contributed by atoms with Gasteiger partial charge in [0, 0.05) is 22.9 Å². The van der Waals surface area contributed by atoms with Crippen molar-refractivity contribution >= 4 is 38.9 Å². The lowest BCUT2D eigenvalue weighted by molar-refractivity contribution is -0.134. The highest BCUT2D eigenvalue weighted by atomic mass is 19.4. The van der Waals surface area contributed by atoms with Crippen LogP contribution in [-0.2, 0) is 6.42 Å². The Hall–Kier alpha value is -4.42. The number of H-pyrrole nitrogens is 1. The zero-order chi connectivity index (χ0) is 28.1. The van der Waals surface area contributed by atoms with Crippen molar-refractivity contribution in [1.29, 1.82) is 0 Å². The van der Waals surface area contributed by atoms with Crippen LogP contribution in [0.1, 0.15) is 22.5 Å². The third-order valence-corrected chi connectivity index (χ3v) is 5.99. The van der Waals surface area contributed by atoms with Gasteiger partial charge in [-0.25, -0.2) is 9.37 Å². The topological polar surface area (TPSA) is 88.0 Å². The van der Waals surface area contributed by atoms with Crippen LogP contribution in [0.3, 0.4) is 0 Å². The van der Waals surface area contributed by atoms with Gasteiger partial charge >= 0.3 is 12.4 Å². The standard InChI is InChI=1S/C26H16F7N3O3/c27-14-4-5-15-19(9-14)35-23(38)20-17-10-16(18(6-7-25(28,29)30)36-24(17)39-21(15)20)12-2-1-3-13(8-12)22(37)34-11-26(31,32)33/h1-5,8-10H,6-7,11H2,(H,34,37)(H,35,38). The third-order valence-electron chi connectivity index (χ3n) is 5.99. The first-order valence-electron chi connectivity index (χ1n) is 11.4. The van der Waals surface area contributed by atoms with Crippen molar-refractivity contribution in [2.24, 2.45) is 0 Å². The fourth-order valence-corrected chi connectivity index (χ4v) is 4.29. The number of nitrogens with one attached hydrogen (secondary N) is 2. The van der Waals surface area contributed by atoms with E-state index in [0.717, 1.165) is 12.1 Å². The Bertz CT molecular complexity index is 1800. The van der Waals surface area contributed by atoms with E-state index in [2.05, 4.69) is 9.97 Å². The van der Waals surface area contributed by atoms with Gasteiger partial charge in [0.25, 0.3) is 11.5 Å². The molecule has 3 aromatic heterocycles. The van der Waals surface area contributed by atoms with Crippen LogP contribution < -0.4 is 10.9 Å². The fourth-order valence-electron chi connectivity index (χ4n) is 4.29. The molecule has 0 spiro atoms. The molecule has 5 rings (SSSR count). The van der Waals surface area contributed by atoms with E-state index >= 15 is 0 Å². The molecule has 0 aliphatic carbocycles. The quantitative estimate of drug-likeness (QED) is 0.247. The average molecular weight is 551 g/mol. The van der Waals surface area contributed by atoms with Crippen molar-refractivity contribution in [3.8, 4) is 11.1 Å². The van der Waals surface area contributed by atoms with Crippen LogP contribution in [0.2, 0.25) is 0 Å². The van der Waals surface area contributed by atoms with Gasteiger partial charge in [0.15, 0.2) is 5.58 Å². The van der Waals surface area contributed by atoms with Crippen LogP contribution in [0, 0.1) is 5.82 Å². The Morgan fingerprint density at radius 2 is 1.74 bits per heavy atom. The van der Waals surface area contributed by atoms with Crippen molar-refractivity contribution in [3.63, 3.8) is 0 Å². The maximum atomic E-state index is 13.7. The molecule has 0 radical (unpaired) electrons. The number of benzene rings is 2. The van der Waals surface area contributed by atoms with E-state index in [9.17, 15) is 40.3 Å². The minimum Gasteiger partial charge on any atom is -0.437 e. The molecule has 3 heterocycles. The molecule has 1 amide bonds.